The normalized spacial score (nSPS) is 14.5. The third-order valence-electron chi connectivity index (χ3n) is 12.5. The highest BCUT2D eigenvalue weighted by molar-refractivity contribution is 7.47. The summed E-state index contributed by atoms with van der Waals surface area (Å²) < 4.78 is 23.6. The number of quaternary nitrogens is 1. The molecule has 0 heterocycles. The van der Waals surface area contributed by atoms with Gasteiger partial charge in [-0.25, -0.2) is 4.57 Å². The van der Waals surface area contributed by atoms with E-state index in [0.29, 0.717) is 17.4 Å². The van der Waals surface area contributed by atoms with E-state index in [0.717, 1.165) is 44.9 Å². The zero-order chi connectivity index (χ0) is 49.9. The van der Waals surface area contributed by atoms with Crippen molar-refractivity contribution in [2.45, 2.75) is 257 Å². The summed E-state index contributed by atoms with van der Waals surface area (Å²) in [6, 6.07) is -0.905. The van der Waals surface area contributed by atoms with Crippen molar-refractivity contribution in [1.82, 2.24) is 5.32 Å². The van der Waals surface area contributed by atoms with Crippen LogP contribution < -0.4 is 5.32 Å². The molecule has 0 spiro atoms. The zero-order valence-electron chi connectivity index (χ0n) is 45.1. The second-order valence-corrected chi connectivity index (χ2v) is 21.8. The summed E-state index contributed by atoms with van der Waals surface area (Å²) in [5, 5.41) is 13.8. The van der Waals surface area contributed by atoms with Gasteiger partial charge in [-0.05, 0) is 44.9 Å². The number of unbranched alkanes of at least 4 members (excludes halogenated alkanes) is 29. The fourth-order valence-corrected chi connectivity index (χ4v) is 8.79. The number of phosphoric ester groups is 1. The lowest BCUT2D eigenvalue weighted by Crippen LogP contribution is -2.45. The fourth-order valence-electron chi connectivity index (χ4n) is 8.05. The van der Waals surface area contributed by atoms with E-state index < -0.39 is 20.0 Å². The smallest absolute Gasteiger partial charge is 0.387 e. The molecule has 0 aromatic rings. The first-order valence-electron chi connectivity index (χ1n) is 28.3. The Morgan fingerprint density at radius 1 is 0.515 bits per heavy atom. The van der Waals surface area contributed by atoms with E-state index in [1.807, 2.05) is 33.3 Å². The minimum atomic E-state index is -4.37. The molecule has 0 aromatic carbocycles. The summed E-state index contributed by atoms with van der Waals surface area (Å²) in [6.45, 7) is 4.64. The molecule has 9 heteroatoms. The lowest BCUT2D eigenvalue weighted by Gasteiger charge is -2.25. The Bertz CT molecular complexity index is 1330. The lowest BCUT2D eigenvalue weighted by molar-refractivity contribution is -0.870. The number of phosphoric acid groups is 1. The Kier molecular flexibility index (Phi) is 48.4. The molecule has 1 amide bonds. The summed E-state index contributed by atoms with van der Waals surface area (Å²) >= 11 is 0. The van der Waals surface area contributed by atoms with Gasteiger partial charge in [-0.2, -0.15) is 0 Å². The van der Waals surface area contributed by atoms with Gasteiger partial charge in [0.15, 0.2) is 0 Å². The van der Waals surface area contributed by atoms with Crippen molar-refractivity contribution in [1.29, 1.82) is 0 Å². The Morgan fingerprint density at radius 3 is 1.24 bits per heavy atom. The average Bonchev–Trinajstić information content (AvgIpc) is 3.30. The van der Waals surface area contributed by atoms with E-state index >= 15 is 0 Å². The van der Waals surface area contributed by atoms with Crippen molar-refractivity contribution in [2.24, 2.45) is 0 Å². The maximum atomic E-state index is 12.9. The highest BCUT2D eigenvalue weighted by Crippen LogP contribution is 2.43. The van der Waals surface area contributed by atoms with Crippen LogP contribution in [0.1, 0.15) is 245 Å². The molecule has 0 bridgehead atoms. The second-order valence-electron chi connectivity index (χ2n) is 20.3. The van der Waals surface area contributed by atoms with E-state index in [4.69, 9.17) is 9.05 Å². The highest BCUT2D eigenvalue weighted by atomic mass is 31.2. The number of amides is 1. The van der Waals surface area contributed by atoms with Crippen molar-refractivity contribution in [3.63, 3.8) is 0 Å². The molecule has 3 atom stereocenters. The lowest BCUT2D eigenvalue weighted by atomic mass is 10.0. The van der Waals surface area contributed by atoms with Crippen LogP contribution in [-0.4, -0.2) is 73.4 Å². The predicted molar refractivity (Wildman–Crippen MR) is 295 cm³/mol. The van der Waals surface area contributed by atoms with E-state index in [9.17, 15) is 19.4 Å². The van der Waals surface area contributed by atoms with Crippen LogP contribution in [0.2, 0.25) is 0 Å². The number of carbonyl (C=O) groups is 1. The molecule has 0 aliphatic rings. The van der Waals surface area contributed by atoms with Gasteiger partial charge in [0.1, 0.15) is 13.2 Å². The Morgan fingerprint density at radius 2 is 0.868 bits per heavy atom. The summed E-state index contributed by atoms with van der Waals surface area (Å²) in [5.41, 5.74) is 0. The van der Waals surface area contributed by atoms with Crippen molar-refractivity contribution >= 4 is 13.7 Å². The number of allylic oxidation sites excluding steroid dienone is 10. The van der Waals surface area contributed by atoms with Gasteiger partial charge >= 0.3 is 7.82 Å². The molecule has 0 rings (SSSR count). The van der Waals surface area contributed by atoms with Crippen LogP contribution in [0.25, 0.3) is 0 Å². The molecule has 0 radical (unpaired) electrons. The van der Waals surface area contributed by atoms with Crippen LogP contribution in [0.15, 0.2) is 72.9 Å². The quantitative estimate of drug-likeness (QED) is 0.0243. The summed E-state index contributed by atoms with van der Waals surface area (Å²) in [6.07, 6.45) is 69.1. The number of rotatable bonds is 51. The van der Waals surface area contributed by atoms with Crippen LogP contribution in [0.3, 0.4) is 0 Å². The molecule has 396 valence electrons. The first kappa shape index (κ1) is 65.9. The predicted octanol–water partition coefficient (Wildman–Crippen LogP) is 17.1. The fraction of sp³-hybridized carbons (Fsp3) is 0.780. The van der Waals surface area contributed by atoms with Crippen LogP contribution in [0, 0.1) is 0 Å². The third kappa shape index (κ3) is 51.8. The number of aliphatic hydroxyl groups excluding tert-OH is 1. The standard InChI is InChI=1S/C59H109N2O6P/c1-6-8-10-12-14-16-18-20-22-23-24-25-26-27-28-29-30-31-32-33-34-35-36-37-39-40-42-44-46-48-50-52-58(62)57(56-67-68(64,65)66-55-54-61(3,4)5)60-59(63)53-51-49-47-45-43-41-38-21-19-17-15-13-11-9-7-2/h9,11,15,17,21,38,43,45,49-52,57-58,62H,6-8,10,12-14,16,18-20,22-37,39-42,44,46-48,53-56H2,1-5H3,(H-,60,63,64,65)/p+1/b11-9-,17-15-,38-21-,45-43-,51-49-,52-50+. The minimum absolute atomic E-state index is 0.0422. The van der Waals surface area contributed by atoms with Crippen LogP contribution >= 0.6 is 7.82 Å². The van der Waals surface area contributed by atoms with E-state index in [1.165, 1.54) is 173 Å². The molecule has 3 N–H and O–H groups in total. The Balaban J connectivity index is 4.18. The molecule has 8 nitrogen and oxygen atoms in total. The van der Waals surface area contributed by atoms with Gasteiger partial charge in [-0.1, -0.05) is 267 Å². The Hall–Kier alpha value is -2.06. The number of hydrogen-bond acceptors (Lipinski definition) is 5. The molecular formula is C59H110N2O6P+. The van der Waals surface area contributed by atoms with Crippen molar-refractivity contribution < 1.29 is 32.9 Å². The number of likely N-dealkylation sites (N-methyl/N-ethyl adjacent to an activating group) is 1. The first-order valence-corrected chi connectivity index (χ1v) is 29.8. The van der Waals surface area contributed by atoms with Crippen molar-refractivity contribution in [3.05, 3.63) is 72.9 Å². The molecule has 0 saturated carbocycles. The van der Waals surface area contributed by atoms with Crippen LogP contribution in [0.5, 0.6) is 0 Å². The number of hydrogen-bond donors (Lipinski definition) is 3. The van der Waals surface area contributed by atoms with Crippen molar-refractivity contribution in [3.8, 4) is 0 Å². The number of carbonyl (C=O) groups excluding carboxylic acids is 1. The van der Waals surface area contributed by atoms with Gasteiger partial charge in [0, 0.05) is 6.42 Å². The molecule has 0 aliphatic carbocycles. The van der Waals surface area contributed by atoms with E-state index in [-0.39, 0.29) is 25.5 Å². The third-order valence-corrected chi connectivity index (χ3v) is 13.4. The average molecular weight is 975 g/mol. The van der Waals surface area contributed by atoms with E-state index in [2.05, 4.69) is 67.8 Å². The van der Waals surface area contributed by atoms with Gasteiger partial charge in [-0.15, -0.1) is 0 Å². The van der Waals surface area contributed by atoms with Gasteiger partial charge in [-0.3, -0.25) is 13.8 Å². The van der Waals surface area contributed by atoms with Gasteiger partial charge < -0.3 is 19.8 Å². The summed E-state index contributed by atoms with van der Waals surface area (Å²) in [4.78, 5) is 23.1. The molecule has 0 aliphatic heterocycles. The molecule has 0 fully saturated rings. The monoisotopic (exact) mass is 974 g/mol. The second kappa shape index (κ2) is 49.9. The van der Waals surface area contributed by atoms with Gasteiger partial charge in [0.05, 0.1) is 39.9 Å². The number of nitrogens with one attached hydrogen (secondary N) is 1. The topological polar surface area (TPSA) is 105 Å². The van der Waals surface area contributed by atoms with Crippen LogP contribution in [0.4, 0.5) is 0 Å². The molecular weight excluding hydrogens is 864 g/mol. The molecule has 68 heavy (non-hydrogen) atoms. The minimum Gasteiger partial charge on any atom is -0.387 e. The SMILES string of the molecule is CC/C=C\C/C=C\C/C=C\C/C=C\C/C=C\CC(=O)NC(COP(=O)(O)OCC[N+](C)(C)C)C(O)/C=C/CCCCCCCCCCCCCCCCCCCCCCCCCCCCCCC. The van der Waals surface area contributed by atoms with Crippen LogP contribution in [-0.2, 0) is 18.4 Å². The van der Waals surface area contributed by atoms with Gasteiger partial charge in [0.25, 0.3) is 0 Å². The molecule has 0 aromatic heterocycles. The summed E-state index contributed by atoms with van der Waals surface area (Å²) in [5.74, 6) is -0.304. The molecule has 0 saturated heterocycles. The maximum absolute atomic E-state index is 12.9. The highest BCUT2D eigenvalue weighted by Gasteiger charge is 2.27. The maximum Gasteiger partial charge on any atom is 0.472 e. The van der Waals surface area contributed by atoms with E-state index in [1.54, 1.807) is 12.2 Å². The number of nitrogens with zero attached hydrogens (tertiary/aromatic N) is 1. The zero-order valence-corrected chi connectivity index (χ0v) is 46.0. The first-order chi connectivity index (χ1) is 33.0. The van der Waals surface area contributed by atoms with Gasteiger partial charge in [0.2, 0.25) is 5.91 Å². The van der Waals surface area contributed by atoms with Crippen molar-refractivity contribution in [2.75, 3.05) is 40.9 Å². The Labute approximate surface area is 421 Å². The largest absolute Gasteiger partial charge is 0.472 e. The molecule has 3 unspecified atom stereocenters. The number of aliphatic hydroxyl groups is 1. The summed E-state index contributed by atoms with van der Waals surface area (Å²) in [7, 11) is 1.51.